The Morgan fingerprint density at radius 1 is 0.875 bits per heavy atom. The molecule has 1 radical (unpaired) electrons. The van der Waals surface area contributed by atoms with Gasteiger partial charge in [0, 0.05) is 26.2 Å². The number of allylic oxidation sites excluding steroid dienone is 2. The number of pyridine rings is 1. The zero-order valence-corrected chi connectivity index (χ0v) is 35.7. The molecule has 1 aliphatic heterocycles. The SMILES string of the molecule is CC(=O)/C=C(/C)O.Cc1c(-c2ccc([Si](C)(C)C)cc2)ccc2[c]1[Ge]([CH3])([CH3])[c]1c-2ccnc1-c1[c-]c2ccccc2c(C(C)(C)C)c1.[Ir]. The molecule has 0 unspecified atom stereocenters. The van der Waals surface area contributed by atoms with Crippen LogP contribution in [0.2, 0.25) is 31.2 Å². The number of hydrogen-bond acceptors (Lipinski definition) is 3. The second-order valence-corrected chi connectivity index (χ2v) is 29.5. The van der Waals surface area contributed by atoms with Crippen molar-refractivity contribution in [1.82, 2.24) is 4.98 Å². The van der Waals surface area contributed by atoms with Crippen LogP contribution in [0.5, 0.6) is 0 Å². The number of aliphatic hydroxyl groups excluding tert-OH is 1. The summed E-state index contributed by atoms with van der Waals surface area (Å²) in [6.07, 6.45) is 3.18. The Bertz CT molecular complexity index is 2030. The summed E-state index contributed by atoms with van der Waals surface area (Å²) in [6.45, 7) is 19.4. The number of hydrogen-bond donors (Lipinski definition) is 1. The molecule has 0 aliphatic carbocycles. The molecule has 1 N–H and O–H groups in total. The van der Waals surface area contributed by atoms with E-state index >= 15 is 0 Å². The van der Waals surface area contributed by atoms with Crippen molar-refractivity contribution in [3.63, 3.8) is 0 Å². The molecule has 1 aliphatic rings. The Morgan fingerprint density at radius 2 is 1.48 bits per heavy atom. The van der Waals surface area contributed by atoms with Crippen LogP contribution in [-0.2, 0) is 30.3 Å². The molecule has 0 saturated carbocycles. The number of aromatic nitrogens is 1. The number of nitrogens with zero attached hydrogens (tertiary/aromatic N) is 1. The quantitative estimate of drug-likeness (QED) is 0.0848. The molecule has 3 nitrogen and oxygen atoms in total. The average molecular weight is 892 g/mol. The number of fused-ring (bicyclic) bond motifs is 4. The van der Waals surface area contributed by atoms with Crippen molar-refractivity contribution in [3.05, 3.63) is 108 Å². The Hall–Kier alpha value is -3.09. The van der Waals surface area contributed by atoms with E-state index in [1.807, 2.05) is 6.20 Å². The number of benzene rings is 4. The van der Waals surface area contributed by atoms with Gasteiger partial charge in [-0.3, -0.25) is 4.79 Å². The van der Waals surface area contributed by atoms with Crippen LogP contribution in [0.1, 0.15) is 45.7 Å². The summed E-state index contributed by atoms with van der Waals surface area (Å²) in [4.78, 5) is 15.1. The summed E-state index contributed by atoms with van der Waals surface area (Å²) in [7, 11) is -1.33. The van der Waals surface area contributed by atoms with Crippen LogP contribution in [0, 0.1) is 13.0 Å². The van der Waals surface area contributed by atoms with Gasteiger partial charge in [-0.25, -0.2) is 0 Å². The molecule has 0 amide bonds. The maximum atomic E-state index is 10.0. The third-order valence-electron chi connectivity index (χ3n) is 9.27. The van der Waals surface area contributed by atoms with Gasteiger partial charge in [0.25, 0.3) is 0 Å². The third kappa shape index (κ3) is 7.40. The van der Waals surface area contributed by atoms with E-state index in [9.17, 15) is 4.79 Å². The summed E-state index contributed by atoms with van der Waals surface area (Å²) in [5, 5.41) is 12.3. The van der Waals surface area contributed by atoms with Crippen LogP contribution < -0.4 is 14.0 Å². The van der Waals surface area contributed by atoms with Crippen LogP contribution in [0.15, 0.2) is 90.8 Å². The van der Waals surface area contributed by atoms with E-state index in [0.717, 1.165) is 11.3 Å². The summed E-state index contributed by atoms with van der Waals surface area (Å²) in [5.74, 6) is 5.06. The monoisotopic (exact) mass is 893 g/mol. The molecule has 0 spiro atoms. The fourth-order valence-corrected chi connectivity index (χ4v) is 16.5. The smallest absolute Gasteiger partial charge is 0 e. The summed E-state index contributed by atoms with van der Waals surface area (Å²) < 4.78 is 3.10. The van der Waals surface area contributed by atoms with Gasteiger partial charge in [0.05, 0.1) is 5.76 Å². The van der Waals surface area contributed by atoms with Crippen LogP contribution in [0.3, 0.4) is 0 Å². The zero-order chi connectivity index (χ0) is 34.5. The second-order valence-electron chi connectivity index (χ2n) is 15.5. The molecule has 0 bridgehead atoms. The fourth-order valence-electron chi connectivity index (χ4n) is 7.12. The molecule has 2 heterocycles. The molecule has 251 valence electrons. The number of carbonyl (C=O) groups is 1. The van der Waals surface area contributed by atoms with E-state index in [-0.39, 0.29) is 37.1 Å². The van der Waals surface area contributed by atoms with Gasteiger partial charge >= 0.3 is 245 Å². The van der Waals surface area contributed by atoms with Crippen LogP contribution in [0.4, 0.5) is 0 Å². The average Bonchev–Trinajstić information content (AvgIpc) is 3.22. The van der Waals surface area contributed by atoms with Crippen molar-refractivity contribution in [2.24, 2.45) is 0 Å². The van der Waals surface area contributed by atoms with Gasteiger partial charge in [-0.1, -0.05) is 0 Å². The maximum Gasteiger partial charge on any atom is 0 e. The predicted octanol–water partition coefficient (Wildman–Crippen LogP) is 9.36. The molecule has 5 aromatic rings. The number of carbonyl (C=O) groups excluding carboxylic acids is 1. The van der Waals surface area contributed by atoms with Gasteiger partial charge in [-0.2, -0.15) is 0 Å². The third-order valence-corrected chi connectivity index (χ3v) is 19.0. The van der Waals surface area contributed by atoms with E-state index in [1.165, 1.54) is 73.7 Å². The molecule has 0 fully saturated rings. The first kappa shape index (κ1) is 37.7. The normalized spacial score (nSPS) is 13.6. The summed E-state index contributed by atoms with van der Waals surface area (Å²) in [5.41, 5.74) is 10.6. The van der Waals surface area contributed by atoms with Crippen LogP contribution in [-0.4, -0.2) is 37.2 Å². The Morgan fingerprint density at radius 3 is 2.04 bits per heavy atom. The van der Waals surface area contributed by atoms with Gasteiger partial charge in [-0.05, 0) is 13.8 Å². The first-order chi connectivity index (χ1) is 21.9. The van der Waals surface area contributed by atoms with Crippen LogP contribution in [0.25, 0.3) is 44.3 Å². The fraction of sp³-hybridized carbons (Fsp3) is 0.286. The van der Waals surface area contributed by atoms with E-state index in [1.54, 1.807) is 4.40 Å². The number of ketones is 1. The molecule has 6 heteroatoms. The number of rotatable bonds is 4. The minimum atomic E-state index is -2.72. The van der Waals surface area contributed by atoms with Crippen molar-refractivity contribution >= 4 is 51.9 Å². The van der Waals surface area contributed by atoms with Gasteiger partial charge in [0.1, 0.15) is 0 Å². The van der Waals surface area contributed by atoms with E-state index in [4.69, 9.17) is 10.1 Å². The van der Waals surface area contributed by atoms with Crippen molar-refractivity contribution in [3.8, 4) is 33.5 Å². The first-order valence-electron chi connectivity index (χ1n) is 16.5. The summed E-state index contributed by atoms with van der Waals surface area (Å²) >= 11 is -2.72. The van der Waals surface area contributed by atoms with Gasteiger partial charge in [0.15, 0.2) is 5.78 Å². The predicted molar refractivity (Wildman–Crippen MR) is 207 cm³/mol. The van der Waals surface area contributed by atoms with E-state index < -0.39 is 21.3 Å². The molecule has 4 aromatic carbocycles. The van der Waals surface area contributed by atoms with Gasteiger partial charge in [0.2, 0.25) is 0 Å². The van der Waals surface area contributed by atoms with Crippen molar-refractivity contribution in [1.29, 1.82) is 0 Å². The topological polar surface area (TPSA) is 50.2 Å². The van der Waals surface area contributed by atoms with Crippen LogP contribution >= 0.6 is 0 Å². The standard InChI is InChI=1S/C37H40GeNSi.C5H8O2.Ir/c1-24-29(25-14-16-28(17-15-25)40(7,8)9)18-19-31-32-20-21-39-36(35(32)38(5,6)34(24)31)27-22-26-12-10-11-13-30(26)33(23-27)37(2,3)4;1-4(6)3-5(2)7;/h10-21,23H,1-9H3;3,6H,1-2H3;/q-1;;/b;4-3-;. The van der Waals surface area contributed by atoms with E-state index in [2.05, 4.69) is 138 Å². The Balaban J connectivity index is 0.000000589. The summed E-state index contributed by atoms with van der Waals surface area (Å²) in [6, 6.07) is 31.2. The minimum absolute atomic E-state index is 0. The van der Waals surface area contributed by atoms with Crippen molar-refractivity contribution in [2.75, 3.05) is 0 Å². The number of aliphatic hydroxyl groups is 1. The second kappa shape index (κ2) is 14.0. The van der Waals surface area contributed by atoms with E-state index in [0.29, 0.717) is 0 Å². The molecule has 6 rings (SSSR count). The molecule has 0 saturated heterocycles. The molecule has 1 aromatic heterocycles. The zero-order valence-electron chi connectivity index (χ0n) is 30.2. The van der Waals surface area contributed by atoms with Gasteiger partial charge < -0.3 is 5.11 Å². The first-order valence-corrected chi connectivity index (χ1v) is 26.3. The maximum absolute atomic E-state index is 10.0. The van der Waals surface area contributed by atoms with Crippen molar-refractivity contribution < 1.29 is 30.0 Å². The molecule has 0 atom stereocenters. The molecular formula is C42H48GeIrNO2Si-. The largest absolute Gasteiger partial charge is 0 e. The van der Waals surface area contributed by atoms with Gasteiger partial charge in [-0.15, -0.1) is 0 Å². The van der Waals surface area contributed by atoms with Crippen molar-refractivity contribution in [2.45, 2.75) is 78.1 Å². The molecule has 48 heavy (non-hydrogen) atoms. The Kier molecular flexibility index (Phi) is 11.0. The Labute approximate surface area is 304 Å². The molecular weight excluding hydrogens is 843 g/mol. The minimum Gasteiger partial charge on any atom is 0 e.